The second kappa shape index (κ2) is 6.41. The summed E-state index contributed by atoms with van der Waals surface area (Å²) in [5.41, 5.74) is -0.559. The summed E-state index contributed by atoms with van der Waals surface area (Å²) in [5, 5.41) is 10.7. The van der Waals surface area contributed by atoms with Gasteiger partial charge in [0.25, 0.3) is 0 Å². The number of rotatable bonds is 4. The van der Waals surface area contributed by atoms with Crippen LogP contribution in [0.5, 0.6) is 0 Å². The van der Waals surface area contributed by atoms with Crippen molar-refractivity contribution in [3.05, 3.63) is 34.9 Å². The Balaban J connectivity index is 2.35. The van der Waals surface area contributed by atoms with Crippen molar-refractivity contribution in [2.75, 3.05) is 6.61 Å². The van der Waals surface area contributed by atoms with Crippen molar-refractivity contribution < 1.29 is 18.6 Å². The van der Waals surface area contributed by atoms with E-state index in [0.717, 1.165) is 12.8 Å². The van der Waals surface area contributed by atoms with Gasteiger partial charge in [0.05, 0.1) is 5.60 Å². The van der Waals surface area contributed by atoms with Gasteiger partial charge in [-0.15, -0.1) is 0 Å². The quantitative estimate of drug-likeness (QED) is 0.898. The van der Waals surface area contributed by atoms with E-state index < -0.39 is 23.3 Å². The van der Waals surface area contributed by atoms with E-state index in [2.05, 4.69) is 6.92 Å². The smallest absolute Gasteiger partial charge is 0.164 e. The van der Waals surface area contributed by atoms with Crippen molar-refractivity contribution >= 4 is 0 Å². The Morgan fingerprint density at radius 1 is 1.29 bits per heavy atom. The summed E-state index contributed by atoms with van der Waals surface area (Å²) in [4.78, 5) is 0. The first-order chi connectivity index (χ1) is 9.91. The van der Waals surface area contributed by atoms with Crippen LogP contribution in [0.2, 0.25) is 0 Å². The third-order valence-corrected chi connectivity index (χ3v) is 4.65. The molecule has 1 aliphatic rings. The fraction of sp³-hybridized carbons (Fsp3) is 0.647. The zero-order chi connectivity index (χ0) is 15.6. The molecule has 1 saturated carbocycles. The number of halogens is 2. The van der Waals surface area contributed by atoms with Gasteiger partial charge in [0.15, 0.2) is 11.6 Å². The van der Waals surface area contributed by atoms with Gasteiger partial charge in [-0.25, -0.2) is 8.78 Å². The normalized spacial score (nSPS) is 27.6. The van der Waals surface area contributed by atoms with E-state index in [1.807, 2.05) is 6.92 Å². The highest BCUT2D eigenvalue weighted by molar-refractivity contribution is 5.29. The molecule has 0 amide bonds. The highest BCUT2D eigenvalue weighted by Crippen LogP contribution is 2.44. The number of aryl methyl sites for hydroxylation is 1. The molecule has 0 radical (unpaired) electrons. The van der Waals surface area contributed by atoms with Crippen molar-refractivity contribution in [1.29, 1.82) is 0 Å². The second-order valence-corrected chi connectivity index (χ2v) is 6.18. The summed E-state index contributed by atoms with van der Waals surface area (Å²) in [6, 6.07) is 2.97. The third-order valence-electron chi connectivity index (χ3n) is 4.65. The van der Waals surface area contributed by atoms with Crippen molar-refractivity contribution in [3.63, 3.8) is 0 Å². The highest BCUT2D eigenvalue weighted by Gasteiger charge is 2.43. The Labute approximate surface area is 125 Å². The largest absolute Gasteiger partial charge is 0.385 e. The first-order valence-corrected chi connectivity index (χ1v) is 7.68. The van der Waals surface area contributed by atoms with E-state index in [1.165, 1.54) is 19.1 Å². The molecule has 0 saturated heterocycles. The zero-order valence-electron chi connectivity index (χ0n) is 13.0. The van der Waals surface area contributed by atoms with E-state index in [9.17, 15) is 13.9 Å². The van der Waals surface area contributed by atoms with Gasteiger partial charge in [0, 0.05) is 12.2 Å². The number of aliphatic hydroxyl groups is 1. The standard InChI is InChI=1S/C17H24F2O2/c1-4-21-17(9-7-11(2)8-10-17)16(20)13-6-5-12(3)14(18)15(13)19/h5-6,11,16,20H,4,7-10H2,1-3H3. The van der Waals surface area contributed by atoms with Gasteiger partial charge < -0.3 is 9.84 Å². The van der Waals surface area contributed by atoms with E-state index in [-0.39, 0.29) is 11.1 Å². The van der Waals surface area contributed by atoms with Crippen molar-refractivity contribution in [2.45, 2.75) is 58.2 Å². The number of aliphatic hydroxyl groups excluding tert-OH is 1. The van der Waals surface area contributed by atoms with Crippen LogP contribution in [0.25, 0.3) is 0 Å². The van der Waals surface area contributed by atoms with Gasteiger partial charge in [-0.2, -0.15) is 0 Å². The second-order valence-electron chi connectivity index (χ2n) is 6.18. The fourth-order valence-electron chi connectivity index (χ4n) is 3.19. The topological polar surface area (TPSA) is 29.5 Å². The maximum atomic E-state index is 14.2. The molecule has 0 heterocycles. The predicted molar refractivity (Wildman–Crippen MR) is 78.0 cm³/mol. The summed E-state index contributed by atoms with van der Waals surface area (Å²) in [6.45, 7) is 5.98. The van der Waals surface area contributed by atoms with Crippen LogP contribution in [-0.2, 0) is 4.74 Å². The Morgan fingerprint density at radius 3 is 2.48 bits per heavy atom. The lowest BCUT2D eigenvalue weighted by molar-refractivity contribution is -0.147. The summed E-state index contributed by atoms with van der Waals surface area (Å²) < 4.78 is 33.7. The van der Waals surface area contributed by atoms with Crippen LogP contribution in [0.3, 0.4) is 0 Å². The Bertz CT molecular complexity index is 494. The van der Waals surface area contributed by atoms with Gasteiger partial charge >= 0.3 is 0 Å². The van der Waals surface area contributed by atoms with Crippen molar-refractivity contribution in [1.82, 2.24) is 0 Å². The van der Waals surface area contributed by atoms with Crippen LogP contribution in [0, 0.1) is 24.5 Å². The number of benzene rings is 1. The molecule has 4 heteroatoms. The predicted octanol–water partition coefficient (Wildman–Crippen LogP) is 4.29. The Kier molecular flexibility index (Phi) is 4.99. The maximum absolute atomic E-state index is 14.2. The average Bonchev–Trinajstić information content (AvgIpc) is 2.47. The molecule has 1 aliphatic carbocycles. The van der Waals surface area contributed by atoms with Gasteiger partial charge in [0.2, 0.25) is 0 Å². The minimum atomic E-state index is -1.14. The summed E-state index contributed by atoms with van der Waals surface area (Å²) in [6.07, 6.45) is 2.04. The van der Waals surface area contributed by atoms with E-state index in [1.54, 1.807) is 0 Å². The monoisotopic (exact) mass is 298 g/mol. The average molecular weight is 298 g/mol. The van der Waals surface area contributed by atoms with Gasteiger partial charge in [0.1, 0.15) is 6.10 Å². The molecule has 0 aliphatic heterocycles. The molecule has 1 fully saturated rings. The molecule has 2 rings (SSSR count). The zero-order valence-corrected chi connectivity index (χ0v) is 13.0. The molecule has 1 aromatic rings. The fourth-order valence-corrected chi connectivity index (χ4v) is 3.19. The van der Waals surface area contributed by atoms with Gasteiger partial charge in [-0.05, 0) is 51.0 Å². The SMILES string of the molecule is CCOC1(C(O)c2ccc(C)c(F)c2F)CCC(C)CC1. The van der Waals surface area contributed by atoms with Crippen LogP contribution in [0.15, 0.2) is 12.1 Å². The molecule has 0 spiro atoms. The molecule has 0 bridgehead atoms. The van der Waals surface area contributed by atoms with Crippen LogP contribution < -0.4 is 0 Å². The molecule has 1 unspecified atom stereocenters. The van der Waals surface area contributed by atoms with Crippen molar-refractivity contribution in [3.8, 4) is 0 Å². The Morgan fingerprint density at radius 2 is 1.90 bits per heavy atom. The molecule has 1 atom stereocenters. The number of hydrogen-bond donors (Lipinski definition) is 1. The molecule has 0 aromatic heterocycles. The summed E-state index contributed by atoms with van der Waals surface area (Å²) in [5.74, 6) is -1.27. The lowest BCUT2D eigenvalue weighted by Gasteiger charge is -2.42. The van der Waals surface area contributed by atoms with Crippen LogP contribution >= 0.6 is 0 Å². The minimum absolute atomic E-state index is 0.00102. The molecule has 21 heavy (non-hydrogen) atoms. The first kappa shape index (κ1) is 16.4. The third kappa shape index (κ3) is 3.11. The molecule has 2 nitrogen and oxygen atoms in total. The lowest BCUT2D eigenvalue weighted by atomic mass is 9.74. The van der Waals surface area contributed by atoms with Gasteiger partial charge in [-0.3, -0.25) is 0 Å². The van der Waals surface area contributed by atoms with Crippen LogP contribution in [0.1, 0.15) is 56.8 Å². The van der Waals surface area contributed by atoms with Crippen LogP contribution in [0.4, 0.5) is 8.78 Å². The molecular weight excluding hydrogens is 274 g/mol. The molecular formula is C17H24F2O2. The van der Waals surface area contributed by atoms with E-state index in [4.69, 9.17) is 4.74 Å². The highest BCUT2D eigenvalue weighted by atomic mass is 19.2. The Hall–Kier alpha value is -1.00. The maximum Gasteiger partial charge on any atom is 0.164 e. The van der Waals surface area contributed by atoms with Gasteiger partial charge in [-0.1, -0.05) is 19.1 Å². The molecule has 1 aromatic carbocycles. The molecule has 1 N–H and O–H groups in total. The van der Waals surface area contributed by atoms with E-state index in [0.29, 0.717) is 25.4 Å². The van der Waals surface area contributed by atoms with Crippen LogP contribution in [-0.4, -0.2) is 17.3 Å². The number of hydrogen-bond acceptors (Lipinski definition) is 2. The lowest BCUT2D eigenvalue weighted by Crippen LogP contribution is -2.43. The summed E-state index contributed by atoms with van der Waals surface area (Å²) in [7, 11) is 0. The summed E-state index contributed by atoms with van der Waals surface area (Å²) >= 11 is 0. The molecule has 118 valence electrons. The minimum Gasteiger partial charge on any atom is -0.385 e. The number of ether oxygens (including phenoxy) is 1. The van der Waals surface area contributed by atoms with Crippen molar-refractivity contribution in [2.24, 2.45) is 5.92 Å². The van der Waals surface area contributed by atoms with E-state index >= 15 is 0 Å². The first-order valence-electron chi connectivity index (χ1n) is 7.68.